The molecule has 6 heteroatoms. The number of carbonyl (C=O) groups excluding carboxylic acids is 1. The third kappa shape index (κ3) is 6.11. The van der Waals surface area contributed by atoms with Gasteiger partial charge in [0.2, 0.25) is 5.91 Å². The Kier molecular flexibility index (Phi) is 7.82. The molecule has 0 bridgehead atoms. The molecule has 0 saturated carbocycles. The van der Waals surface area contributed by atoms with Gasteiger partial charge in [0.25, 0.3) is 0 Å². The number of nitrogens with zero attached hydrogens (tertiary/aromatic N) is 1. The lowest BCUT2D eigenvalue weighted by molar-refractivity contribution is -0.121. The second-order valence-electron chi connectivity index (χ2n) is 5.73. The molecule has 1 fully saturated rings. The number of hydrogen-bond acceptors (Lipinski definition) is 4. The maximum absolute atomic E-state index is 12.0. The van der Waals surface area contributed by atoms with Gasteiger partial charge in [-0.05, 0) is 37.7 Å². The van der Waals surface area contributed by atoms with Crippen LogP contribution in [-0.2, 0) is 9.53 Å². The topological polar surface area (TPSA) is 53.6 Å². The van der Waals surface area contributed by atoms with Crippen molar-refractivity contribution in [2.75, 3.05) is 46.4 Å². The average Bonchev–Trinajstić information content (AvgIpc) is 2.56. The summed E-state index contributed by atoms with van der Waals surface area (Å²) in [6.07, 6.45) is 1.40. The zero-order valence-corrected chi connectivity index (χ0v) is 14.4. The molecule has 1 aliphatic heterocycles. The fourth-order valence-corrected chi connectivity index (χ4v) is 2.98. The van der Waals surface area contributed by atoms with Gasteiger partial charge in [0, 0.05) is 31.1 Å². The van der Waals surface area contributed by atoms with Crippen LogP contribution in [0.4, 0.5) is 0 Å². The number of ether oxygens (including phenoxy) is 1. The number of hydrogen-bond donors (Lipinski definition) is 2. The molecule has 1 aromatic carbocycles. The van der Waals surface area contributed by atoms with Gasteiger partial charge in [0.05, 0.1) is 19.3 Å². The van der Waals surface area contributed by atoms with Gasteiger partial charge in [0.1, 0.15) is 0 Å². The zero-order chi connectivity index (χ0) is 16.5. The van der Waals surface area contributed by atoms with E-state index in [2.05, 4.69) is 21.6 Å². The highest BCUT2D eigenvalue weighted by atomic mass is 35.5. The number of nitrogens with one attached hydrogen (secondary N) is 2. The van der Waals surface area contributed by atoms with E-state index in [-0.39, 0.29) is 11.9 Å². The standard InChI is InChI=1S/C17H26ClN3O2/c1-19-7-3-6-17(22)20-13-16(21-8-10-23-11-9-21)14-4-2-5-15(18)12-14/h2,4-5,12,16,19H,3,6-11,13H2,1H3,(H,20,22). The largest absolute Gasteiger partial charge is 0.379 e. The van der Waals surface area contributed by atoms with Crippen LogP contribution < -0.4 is 10.6 Å². The molecule has 1 unspecified atom stereocenters. The first kappa shape index (κ1) is 18.2. The lowest BCUT2D eigenvalue weighted by Crippen LogP contribution is -2.43. The van der Waals surface area contributed by atoms with Gasteiger partial charge in [-0.25, -0.2) is 0 Å². The third-order valence-electron chi connectivity index (χ3n) is 4.04. The van der Waals surface area contributed by atoms with E-state index in [9.17, 15) is 4.79 Å². The Bertz CT molecular complexity index is 492. The maximum atomic E-state index is 12.0. The van der Waals surface area contributed by atoms with Gasteiger partial charge in [-0.1, -0.05) is 23.7 Å². The van der Waals surface area contributed by atoms with Crippen molar-refractivity contribution < 1.29 is 9.53 Å². The summed E-state index contributed by atoms with van der Waals surface area (Å²) in [7, 11) is 1.89. The van der Waals surface area contributed by atoms with Gasteiger partial charge in [-0.2, -0.15) is 0 Å². The van der Waals surface area contributed by atoms with Crippen LogP contribution in [0.2, 0.25) is 5.02 Å². The van der Waals surface area contributed by atoms with Gasteiger partial charge in [0.15, 0.2) is 0 Å². The minimum atomic E-state index is 0.0977. The maximum Gasteiger partial charge on any atom is 0.220 e. The Morgan fingerprint density at radius 3 is 2.87 bits per heavy atom. The van der Waals surface area contributed by atoms with Crippen LogP contribution in [0.5, 0.6) is 0 Å². The first-order chi connectivity index (χ1) is 11.2. The van der Waals surface area contributed by atoms with Crippen LogP contribution in [0.25, 0.3) is 0 Å². The van der Waals surface area contributed by atoms with Crippen molar-refractivity contribution in [3.05, 3.63) is 34.9 Å². The molecule has 1 aromatic rings. The highest BCUT2D eigenvalue weighted by Crippen LogP contribution is 2.24. The fourth-order valence-electron chi connectivity index (χ4n) is 2.79. The van der Waals surface area contributed by atoms with Crippen molar-refractivity contribution in [3.63, 3.8) is 0 Å². The molecule has 5 nitrogen and oxygen atoms in total. The van der Waals surface area contributed by atoms with Crippen LogP contribution in [0, 0.1) is 0 Å². The van der Waals surface area contributed by atoms with Crippen molar-refractivity contribution in [1.82, 2.24) is 15.5 Å². The lowest BCUT2D eigenvalue weighted by Gasteiger charge is -2.35. The van der Waals surface area contributed by atoms with Gasteiger partial charge < -0.3 is 15.4 Å². The Morgan fingerprint density at radius 2 is 2.17 bits per heavy atom. The van der Waals surface area contributed by atoms with E-state index in [1.807, 2.05) is 25.2 Å². The highest BCUT2D eigenvalue weighted by Gasteiger charge is 2.23. The first-order valence-corrected chi connectivity index (χ1v) is 8.57. The average molecular weight is 340 g/mol. The van der Waals surface area contributed by atoms with E-state index in [1.165, 1.54) is 0 Å². The summed E-state index contributed by atoms with van der Waals surface area (Å²) in [6.45, 7) is 4.65. The summed E-state index contributed by atoms with van der Waals surface area (Å²) in [4.78, 5) is 14.3. The third-order valence-corrected chi connectivity index (χ3v) is 4.28. The second kappa shape index (κ2) is 9.88. The quantitative estimate of drug-likeness (QED) is 0.709. The minimum absolute atomic E-state index is 0.0977. The van der Waals surface area contributed by atoms with Crippen LogP contribution in [0.1, 0.15) is 24.4 Å². The normalized spacial score (nSPS) is 17.0. The zero-order valence-electron chi connectivity index (χ0n) is 13.7. The Labute approximate surface area is 143 Å². The van der Waals surface area contributed by atoms with E-state index in [0.717, 1.165) is 49.9 Å². The highest BCUT2D eigenvalue weighted by molar-refractivity contribution is 6.30. The monoisotopic (exact) mass is 339 g/mol. The van der Waals surface area contributed by atoms with E-state index in [4.69, 9.17) is 16.3 Å². The molecular weight excluding hydrogens is 314 g/mol. The summed E-state index contributed by atoms with van der Waals surface area (Å²) in [5.41, 5.74) is 1.13. The van der Waals surface area contributed by atoms with E-state index in [0.29, 0.717) is 13.0 Å². The van der Waals surface area contributed by atoms with Crippen LogP contribution in [-0.4, -0.2) is 57.2 Å². The van der Waals surface area contributed by atoms with Crippen molar-refractivity contribution in [3.8, 4) is 0 Å². The minimum Gasteiger partial charge on any atom is -0.379 e. The smallest absolute Gasteiger partial charge is 0.220 e. The lowest BCUT2D eigenvalue weighted by atomic mass is 10.0. The predicted octanol–water partition coefficient (Wildman–Crippen LogP) is 1.83. The van der Waals surface area contributed by atoms with E-state index < -0.39 is 0 Å². The first-order valence-electron chi connectivity index (χ1n) is 8.19. The number of benzene rings is 1. The molecule has 1 heterocycles. The van der Waals surface area contributed by atoms with E-state index >= 15 is 0 Å². The number of carbonyl (C=O) groups is 1. The second-order valence-corrected chi connectivity index (χ2v) is 6.17. The van der Waals surface area contributed by atoms with Crippen molar-refractivity contribution in [2.24, 2.45) is 0 Å². The molecule has 1 amide bonds. The molecule has 1 aliphatic rings. The molecule has 0 spiro atoms. The summed E-state index contributed by atoms with van der Waals surface area (Å²) in [5, 5.41) is 6.84. The van der Waals surface area contributed by atoms with Crippen LogP contribution in [0.3, 0.4) is 0 Å². The fraction of sp³-hybridized carbons (Fsp3) is 0.588. The predicted molar refractivity (Wildman–Crippen MR) is 92.8 cm³/mol. The molecule has 23 heavy (non-hydrogen) atoms. The summed E-state index contributed by atoms with van der Waals surface area (Å²) in [5.74, 6) is 0.0977. The molecule has 1 saturated heterocycles. The Hall–Kier alpha value is -1.14. The number of halogens is 1. The molecular formula is C17H26ClN3O2. The Balaban J connectivity index is 1.97. The van der Waals surface area contributed by atoms with Crippen molar-refractivity contribution in [2.45, 2.75) is 18.9 Å². The number of amides is 1. The Morgan fingerprint density at radius 1 is 1.39 bits per heavy atom. The van der Waals surface area contributed by atoms with E-state index in [1.54, 1.807) is 0 Å². The molecule has 2 N–H and O–H groups in total. The van der Waals surface area contributed by atoms with Gasteiger partial charge in [-0.15, -0.1) is 0 Å². The number of morpholine rings is 1. The van der Waals surface area contributed by atoms with Gasteiger partial charge in [-0.3, -0.25) is 9.69 Å². The van der Waals surface area contributed by atoms with Crippen LogP contribution >= 0.6 is 11.6 Å². The summed E-state index contributed by atoms with van der Waals surface area (Å²) >= 11 is 6.14. The molecule has 128 valence electrons. The molecule has 0 radical (unpaired) electrons. The molecule has 0 aliphatic carbocycles. The van der Waals surface area contributed by atoms with Crippen molar-refractivity contribution >= 4 is 17.5 Å². The summed E-state index contributed by atoms with van der Waals surface area (Å²) in [6, 6.07) is 8.01. The number of rotatable bonds is 8. The van der Waals surface area contributed by atoms with Crippen LogP contribution in [0.15, 0.2) is 24.3 Å². The molecule has 2 rings (SSSR count). The SMILES string of the molecule is CNCCCC(=O)NCC(c1cccc(Cl)c1)N1CCOCC1. The van der Waals surface area contributed by atoms with Gasteiger partial charge >= 0.3 is 0 Å². The molecule has 1 atom stereocenters. The molecule has 0 aromatic heterocycles. The van der Waals surface area contributed by atoms with Crippen molar-refractivity contribution in [1.29, 1.82) is 0 Å². The summed E-state index contributed by atoms with van der Waals surface area (Å²) < 4.78 is 5.44.